The van der Waals surface area contributed by atoms with Gasteiger partial charge in [-0.3, -0.25) is 9.59 Å². The van der Waals surface area contributed by atoms with Crippen LogP contribution >= 0.6 is 0 Å². The molecule has 37 heavy (non-hydrogen) atoms. The number of hydrogen-bond acceptors (Lipinski definition) is 4. The molecule has 0 aromatic heterocycles. The third-order valence-corrected chi connectivity index (χ3v) is 6.49. The lowest BCUT2D eigenvalue weighted by molar-refractivity contribution is -0.147. The molecule has 0 saturated heterocycles. The van der Waals surface area contributed by atoms with Crippen LogP contribution in [0, 0.1) is 20.8 Å². The smallest absolute Gasteiger partial charge is 0.408 e. The molecule has 3 amide bonds. The minimum Gasteiger partial charge on any atom is -0.444 e. The average molecular weight is 510 g/mol. The van der Waals surface area contributed by atoms with Crippen LogP contribution in [-0.4, -0.2) is 40.0 Å². The second-order valence-electron chi connectivity index (χ2n) is 11.3. The van der Waals surface area contributed by atoms with E-state index in [1.54, 1.807) is 32.6 Å². The first-order valence-corrected chi connectivity index (χ1v) is 12.8. The van der Waals surface area contributed by atoms with Crippen molar-refractivity contribution in [3.8, 4) is 0 Å². The molecule has 0 fully saturated rings. The van der Waals surface area contributed by atoms with Crippen molar-refractivity contribution in [2.45, 2.75) is 98.9 Å². The van der Waals surface area contributed by atoms with Crippen LogP contribution in [-0.2, 0) is 14.3 Å². The predicted octanol–water partition coefficient (Wildman–Crippen LogP) is 6.22. The van der Waals surface area contributed by atoms with E-state index in [-0.39, 0.29) is 11.8 Å². The van der Waals surface area contributed by atoms with E-state index in [0.29, 0.717) is 12.1 Å². The first-order chi connectivity index (χ1) is 17.1. The van der Waals surface area contributed by atoms with Crippen LogP contribution in [0.5, 0.6) is 0 Å². The molecule has 7 heteroatoms. The Morgan fingerprint density at radius 3 is 2.11 bits per heavy atom. The van der Waals surface area contributed by atoms with Crippen molar-refractivity contribution in [3.05, 3.63) is 64.7 Å². The van der Waals surface area contributed by atoms with E-state index in [0.717, 1.165) is 22.3 Å². The van der Waals surface area contributed by atoms with Crippen molar-refractivity contribution in [3.63, 3.8) is 0 Å². The maximum Gasteiger partial charge on any atom is 0.408 e. The normalized spacial score (nSPS) is 13.4. The Hall–Kier alpha value is -3.35. The number of ether oxygens (including phenoxy) is 1. The molecule has 2 rings (SSSR count). The van der Waals surface area contributed by atoms with Gasteiger partial charge < -0.3 is 20.3 Å². The molecule has 0 aliphatic heterocycles. The molecule has 0 aliphatic carbocycles. The first-order valence-electron chi connectivity index (χ1n) is 12.8. The number of para-hydroxylation sites is 1. The summed E-state index contributed by atoms with van der Waals surface area (Å²) in [7, 11) is 0. The van der Waals surface area contributed by atoms with Crippen molar-refractivity contribution in [1.82, 2.24) is 10.2 Å². The van der Waals surface area contributed by atoms with Gasteiger partial charge >= 0.3 is 6.09 Å². The maximum atomic E-state index is 14.0. The summed E-state index contributed by atoms with van der Waals surface area (Å²) in [5.41, 5.74) is 2.90. The standard InChI is InChI=1S/C30H43N3O4/c1-11-30(9,10)33(27(35)22(5)31-28(36)37-29(6,7)8)25(23-17-16-19(2)18-21(23)4)26(34)32-24-15-13-12-14-20(24)3/h12-18,22,25H,11H2,1-10H3,(H,31,36)(H,32,34). The van der Waals surface area contributed by atoms with Crippen molar-refractivity contribution >= 4 is 23.6 Å². The molecular weight excluding hydrogens is 466 g/mol. The Bertz CT molecular complexity index is 1130. The number of alkyl carbamates (subject to hydrolysis) is 1. The Balaban J connectivity index is 2.60. The fourth-order valence-corrected chi connectivity index (χ4v) is 4.14. The zero-order valence-corrected chi connectivity index (χ0v) is 24.0. The average Bonchev–Trinajstić information content (AvgIpc) is 2.77. The summed E-state index contributed by atoms with van der Waals surface area (Å²) in [5.74, 6) is -0.691. The highest BCUT2D eigenvalue weighted by atomic mass is 16.6. The van der Waals surface area contributed by atoms with Crippen molar-refractivity contribution in [2.75, 3.05) is 5.32 Å². The Morgan fingerprint density at radius 2 is 1.57 bits per heavy atom. The maximum absolute atomic E-state index is 14.0. The number of amides is 3. The number of rotatable bonds is 8. The quantitative estimate of drug-likeness (QED) is 0.442. The van der Waals surface area contributed by atoms with Crippen LogP contribution in [0.2, 0.25) is 0 Å². The van der Waals surface area contributed by atoms with Gasteiger partial charge in [-0.15, -0.1) is 0 Å². The number of anilines is 1. The molecule has 2 unspecified atom stereocenters. The number of benzene rings is 2. The monoisotopic (exact) mass is 509 g/mol. The fourth-order valence-electron chi connectivity index (χ4n) is 4.14. The Labute approximate surface area is 222 Å². The Morgan fingerprint density at radius 1 is 0.946 bits per heavy atom. The van der Waals surface area contributed by atoms with Gasteiger partial charge in [0.25, 0.3) is 5.91 Å². The second-order valence-corrected chi connectivity index (χ2v) is 11.3. The summed E-state index contributed by atoms with van der Waals surface area (Å²) in [6.07, 6.45) is -0.0910. The van der Waals surface area contributed by atoms with Crippen LogP contribution in [0.15, 0.2) is 42.5 Å². The highest BCUT2D eigenvalue weighted by Gasteiger charge is 2.42. The van der Waals surface area contributed by atoms with Gasteiger partial charge in [0.05, 0.1) is 0 Å². The number of nitrogens with zero attached hydrogens (tertiary/aromatic N) is 1. The lowest BCUT2D eigenvalue weighted by atomic mass is 9.90. The number of carbonyl (C=O) groups excluding carboxylic acids is 3. The van der Waals surface area contributed by atoms with Gasteiger partial charge in [-0.1, -0.05) is 48.9 Å². The van der Waals surface area contributed by atoms with Crippen LogP contribution < -0.4 is 10.6 Å². The third-order valence-electron chi connectivity index (χ3n) is 6.49. The van der Waals surface area contributed by atoms with E-state index in [4.69, 9.17) is 4.74 Å². The highest BCUT2D eigenvalue weighted by Crippen LogP contribution is 2.35. The van der Waals surface area contributed by atoms with Crippen molar-refractivity contribution in [2.24, 2.45) is 0 Å². The molecule has 2 aromatic rings. The minimum atomic E-state index is -0.925. The van der Waals surface area contributed by atoms with E-state index in [2.05, 4.69) is 10.6 Å². The van der Waals surface area contributed by atoms with Gasteiger partial charge in [-0.05, 0) is 91.5 Å². The molecule has 2 atom stereocenters. The molecular formula is C30H43N3O4. The Kier molecular flexibility index (Phi) is 9.53. The molecule has 0 spiro atoms. The molecule has 2 N–H and O–H groups in total. The summed E-state index contributed by atoms with van der Waals surface area (Å²) >= 11 is 0. The van der Waals surface area contributed by atoms with E-state index in [1.165, 1.54) is 0 Å². The fraction of sp³-hybridized carbons (Fsp3) is 0.500. The van der Waals surface area contributed by atoms with Gasteiger partial charge in [-0.2, -0.15) is 0 Å². The van der Waals surface area contributed by atoms with Crippen molar-refractivity contribution in [1.29, 1.82) is 0 Å². The van der Waals surface area contributed by atoms with Gasteiger partial charge in [0, 0.05) is 11.2 Å². The van der Waals surface area contributed by atoms with E-state index in [1.807, 2.05) is 84.0 Å². The number of nitrogens with one attached hydrogen (secondary N) is 2. The van der Waals surface area contributed by atoms with E-state index in [9.17, 15) is 14.4 Å². The summed E-state index contributed by atoms with van der Waals surface area (Å²) < 4.78 is 5.37. The molecule has 0 radical (unpaired) electrons. The molecule has 0 saturated carbocycles. The minimum absolute atomic E-state index is 0.319. The van der Waals surface area contributed by atoms with Crippen LogP contribution in [0.25, 0.3) is 0 Å². The van der Waals surface area contributed by atoms with E-state index < -0.39 is 29.3 Å². The number of aryl methyl sites for hydroxylation is 3. The third kappa shape index (κ3) is 7.81. The first kappa shape index (κ1) is 29.9. The second kappa shape index (κ2) is 11.8. The zero-order chi connectivity index (χ0) is 28.1. The lowest BCUT2D eigenvalue weighted by Gasteiger charge is -2.44. The van der Waals surface area contributed by atoms with E-state index >= 15 is 0 Å². The van der Waals surface area contributed by atoms with Gasteiger partial charge in [0.15, 0.2) is 0 Å². The molecule has 2 aromatic carbocycles. The van der Waals surface area contributed by atoms with Crippen LogP contribution in [0.3, 0.4) is 0 Å². The zero-order valence-electron chi connectivity index (χ0n) is 24.0. The van der Waals surface area contributed by atoms with Crippen LogP contribution in [0.4, 0.5) is 10.5 Å². The van der Waals surface area contributed by atoms with Gasteiger partial charge in [0.1, 0.15) is 17.7 Å². The molecule has 202 valence electrons. The van der Waals surface area contributed by atoms with Gasteiger partial charge in [-0.25, -0.2) is 4.79 Å². The number of hydrogen-bond donors (Lipinski definition) is 2. The van der Waals surface area contributed by atoms with Crippen molar-refractivity contribution < 1.29 is 19.1 Å². The topological polar surface area (TPSA) is 87.7 Å². The summed E-state index contributed by atoms with van der Waals surface area (Å²) in [6, 6.07) is 11.6. The SMILES string of the molecule is CCC(C)(C)N(C(=O)C(C)NC(=O)OC(C)(C)C)C(C(=O)Nc1ccccc1C)c1ccc(C)cc1C. The lowest BCUT2D eigenvalue weighted by Crippen LogP contribution is -2.58. The predicted molar refractivity (Wildman–Crippen MR) is 149 cm³/mol. The molecule has 7 nitrogen and oxygen atoms in total. The highest BCUT2D eigenvalue weighted by molar-refractivity contribution is 5.99. The molecule has 0 aliphatic rings. The number of carbonyl (C=O) groups is 3. The summed E-state index contributed by atoms with van der Waals surface area (Å²) in [5, 5.41) is 5.70. The molecule has 0 heterocycles. The summed E-state index contributed by atoms with van der Waals surface area (Å²) in [4.78, 5) is 42.2. The van der Waals surface area contributed by atoms with Crippen LogP contribution in [0.1, 0.15) is 83.2 Å². The van der Waals surface area contributed by atoms with Gasteiger partial charge in [0.2, 0.25) is 5.91 Å². The molecule has 0 bridgehead atoms. The summed E-state index contributed by atoms with van der Waals surface area (Å²) in [6.45, 7) is 18.6. The largest absolute Gasteiger partial charge is 0.444 e.